The van der Waals surface area contributed by atoms with E-state index in [1.807, 2.05) is 0 Å². The molecule has 1 N–H and O–H groups in total. The Bertz CT molecular complexity index is 919. The van der Waals surface area contributed by atoms with Crippen LogP contribution in [0.3, 0.4) is 0 Å². The Kier molecular flexibility index (Phi) is 4.22. The third-order valence-electron chi connectivity index (χ3n) is 5.07. The number of carbonyl (C=O) groups is 1. The molecule has 2 aromatic carbocycles. The lowest BCUT2D eigenvalue weighted by Crippen LogP contribution is -2.40. The molecule has 1 fully saturated rings. The molecule has 1 aliphatic heterocycles. The Balaban J connectivity index is 1.56. The monoisotopic (exact) mass is 368 g/mol. The molecule has 2 aliphatic rings. The van der Waals surface area contributed by atoms with E-state index in [-0.39, 0.29) is 11.3 Å². The van der Waals surface area contributed by atoms with Gasteiger partial charge in [-0.2, -0.15) is 0 Å². The predicted octanol–water partition coefficient (Wildman–Crippen LogP) is 4.59. The number of fused-ring (bicyclic) bond motifs is 1. The lowest BCUT2D eigenvalue weighted by molar-refractivity contribution is -0.385. The number of ether oxygens (including phenoxy) is 2. The van der Waals surface area contributed by atoms with Crippen molar-refractivity contribution in [2.75, 3.05) is 5.32 Å². The van der Waals surface area contributed by atoms with Gasteiger partial charge in [-0.15, -0.1) is 0 Å². The molecule has 140 valence electrons. The van der Waals surface area contributed by atoms with E-state index in [9.17, 15) is 14.9 Å². The van der Waals surface area contributed by atoms with Crippen molar-refractivity contribution in [3.63, 3.8) is 0 Å². The van der Waals surface area contributed by atoms with Gasteiger partial charge in [-0.05, 0) is 38.0 Å². The molecule has 0 unspecified atom stereocenters. The van der Waals surface area contributed by atoms with E-state index in [0.717, 1.165) is 25.7 Å². The van der Waals surface area contributed by atoms with E-state index in [1.54, 1.807) is 37.3 Å². The Hall–Kier alpha value is -3.09. The van der Waals surface area contributed by atoms with Crippen LogP contribution in [0.15, 0.2) is 36.4 Å². The van der Waals surface area contributed by atoms with Crippen LogP contribution in [-0.2, 0) is 0 Å². The fourth-order valence-electron chi connectivity index (χ4n) is 3.75. The van der Waals surface area contributed by atoms with Crippen LogP contribution in [0.2, 0.25) is 0 Å². The van der Waals surface area contributed by atoms with Gasteiger partial charge >= 0.3 is 0 Å². The number of hydrogen-bond donors (Lipinski definition) is 1. The number of benzene rings is 2. The molecule has 0 radical (unpaired) electrons. The van der Waals surface area contributed by atoms with E-state index < -0.39 is 16.6 Å². The second-order valence-corrected chi connectivity index (χ2v) is 7.02. The van der Waals surface area contributed by atoms with Crippen LogP contribution < -0.4 is 14.8 Å². The van der Waals surface area contributed by atoms with Crippen LogP contribution >= 0.6 is 0 Å². The van der Waals surface area contributed by atoms with Gasteiger partial charge in [0.25, 0.3) is 17.4 Å². The molecule has 1 aliphatic carbocycles. The molecule has 1 spiro atoms. The first-order chi connectivity index (χ1) is 13.0. The number of nitrogens with one attached hydrogen (secondary N) is 1. The van der Waals surface area contributed by atoms with Crippen LogP contribution in [-0.4, -0.2) is 16.6 Å². The highest BCUT2D eigenvalue weighted by atomic mass is 16.7. The highest BCUT2D eigenvalue weighted by Gasteiger charge is 2.42. The molecule has 7 nitrogen and oxygen atoms in total. The highest BCUT2D eigenvalue weighted by molar-refractivity contribution is 6.07. The van der Waals surface area contributed by atoms with Gasteiger partial charge in [-0.3, -0.25) is 14.9 Å². The van der Waals surface area contributed by atoms with Crippen molar-refractivity contribution in [3.8, 4) is 11.5 Å². The topological polar surface area (TPSA) is 90.7 Å². The maximum absolute atomic E-state index is 12.6. The van der Waals surface area contributed by atoms with Gasteiger partial charge in [-0.25, -0.2) is 0 Å². The second-order valence-electron chi connectivity index (χ2n) is 7.02. The van der Waals surface area contributed by atoms with E-state index in [0.29, 0.717) is 22.7 Å². The van der Waals surface area contributed by atoms with Gasteiger partial charge < -0.3 is 14.8 Å². The van der Waals surface area contributed by atoms with Crippen LogP contribution in [0.25, 0.3) is 0 Å². The van der Waals surface area contributed by atoms with Gasteiger partial charge in [-0.1, -0.05) is 18.6 Å². The van der Waals surface area contributed by atoms with Crippen molar-refractivity contribution in [1.29, 1.82) is 0 Å². The Morgan fingerprint density at radius 1 is 1.11 bits per heavy atom. The van der Waals surface area contributed by atoms with Crippen molar-refractivity contribution in [3.05, 3.63) is 57.6 Å². The van der Waals surface area contributed by atoms with Crippen molar-refractivity contribution in [1.82, 2.24) is 0 Å². The molecule has 4 rings (SSSR count). The predicted molar refractivity (Wildman–Crippen MR) is 99.3 cm³/mol. The number of rotatable bonds is 3. The van der Waals surface area contributed by atoms with Crippen LogP contribution in [0.5, 0.6) is 11.5 Å². The van der Waals surface area contributed by atoms with E-state index >= 15 is 0 Å². The Morgan fingerprint density at radius 2 is 1.85 bits per heavy atom. The Morgan fingerprint density at radius 3 is 2.59 bits per heavy atom. The number of amides is 1. The maximum Gasteiger partial charge on any atom is 0.285 e. The molecule has 1 saturated carbocycles. The first-order valence-corrected chi connectivity index (χ1v) is 9.05. The molecular formula is C20H20N2O5. The molecule has 0 bridgehead atoms. The zero-order chi connectivity index (χ0) is 19.0. The molecular weight excluding hydrogens is 348 g/mol. The number of para-hydroxylation sites is 1. The van der Waals surface area contributed by atoms with Crippen LogP contribution in [0, 0.1) is 17.0 Å². The number of aryl methyl sites for hydroxylation is 1. The number of nitro groups is 1. The molecule has 0 aromatic heterocycles. The normalized spacial score (nSPS) is 16.9. The first-order valence-electron chi connectivity index (χ1n) is 9.05. The highest BCUT2D eigenvalue weighted by Crippen LogP contribution is 2.46. The van der Waals surface area contributed by atoms with Crippen molar-refractivity contribution in [2.24, 2.45) is 0 Å². The molecule has 0 atom stereocenters. The third-order valence-corrected chi connectivity index (χ3v) is 5.07. The summed E-state index contributed by atoms with van der Waals surface area (Å²) in [5, 5.41) is 14.0. The number of nitro benzene ring substituents is 1. The molecule has 7 heteroatoms. The summed E-state index contributed by atoms with van der Waals surface area (Å²) in [5.74, 6) is 0.139. The van der Waals surface area contributed by atoms with Gasteiger partial charge in [0, 0.05) is 30.2 Å². The molecule has 1 amide bonds. The van der Waals surface area contributed by atoms with E-state index in [4.69, 9.17) is 9.47 Å². The van der Waals surface area contributed by atoms with Crippen molar-refractivity contribution >= 4 is 17.3 Å². The quantitative estimate of drug-likeness (QED) is 0.632. The molecule has 2 aromatic rings. The summed E-state index contributed by atoms with van der Waals surface area (Å²) in [7, 11) is 0. The zero-order valence-corrected chi connectivity index (χ0v) is 15.0. The summed E-state index contributed by atoms with van der Waals surface area (Å²) in [5.41, 5.74) is 0.793. The summed E-state index contributed by atoms with van der Waals surface area (Å²) in [4.78, 5) is 23.4. The average Bonchev–Trinajstić information content (AvgIpc) is 2.98. The molecule has 27 heavy (non-hydrogen) atoms. The van der Waals surface area contributed by atoms with Crippen LogP contribution in [0.4, 0.5) is 11.4 Å². The number of nitrogens with zero attached hydrogens (tertiary/aromatic N) is 1. The third kappa shape index (κ3) is 3.20. The fraction of sp³-hybridized carbons (Fsp3) is 0.350. The van der Waals surface area contributed by atoms with Gasteiger partial charge in [0.1, 0.15) is 5.56 Å². The minimum atomic E-state index is -0.585. The summed E-state index contributed by atoms with van der Waals surface area (Å²) in [6.07, 6.45) is 5.00. The first kappa shape index (κ1) is 17.3. The van der Waals surface area contributed by atoms with E-state index in [2.05, 4.69) is 5.32 Å². The summed E-state index contributed by atoms with van der Waals surface area (Å²) >= 11 is 0. The summed E-state index contributed by atoms with van der Waals surface area (Å²) in [6, 6.07) is 9.87. The smallest absolute Gasteiger partial charge is 0.285 e. The zero-order valence-electron chi connectivity index (χ0n) is 15.0. The molecule has 0 saturated heterocycles. The summed E-state index contributed by atoms with van der Waals surface area (Å²) in [6.45, 7) is 1.61. The van der Waals surface area contributed by atoms with Crippen molar-refractivity contribution in [2.45, 2.75) is 44.8 Å². The van der Waals surface area contributed by atoms with Gasteiger partial charge in [0.05, 0.1) is 4.92 Å². The largest absolute Gasteiger partial charge is 0.448 e. The lowest BCUT2D eigenvalue weighted by atomic mass is 9.94. The average molecular weight is 368 g/mol. The minimum Gasteiger partial charge on any atom is -0.448 e. The van der Waals surface area contributed by atoms with Gasteiger partial charge in [0.2, 0.25) is 0 Å². The van der Waals surface area contributed by atoms with Gasteiger partial charge in [0.15, 0.2) is 11.5 Å². The summed E-state index contributed by atoms with van der Waals surface area (Å²) < 4.78 is 12.1. The number of hydrogen-bond acceptors (Lipinski definition) is 5. The maximum atomic E-state index is 12.6. The SMILES string of the molecule is Cc1cccc(C(=O)Nc2ccc3c(c2)OC2(CCCCC2)O3)c1[N+](=O)[O-]. The van der Waals surface area contributed by atoms with E-state index in [1.165, 1.54) is 12.5 Å². The van der Waals surface area contributed by atoms with Crippen molar-refractivity contribution < 1.29 is 19.2 Å². The van der Waals surface area contributed by atoms with Crippen LogP contribution in [0.1, 0.15) is 48.0 Å². The number of carbonyl (C=O) groups excluding carboxylic acids is 1. The second kappa shape index (κ2) is 6.57. The standard InChI is InChI=1S/C20H20N2O5/c1-13-6-5-7-15(18(13)22(24)25)19(23)21-14-8-9-16-17(12-14)27-20(26-16)10-3-2-4-11-20/h5-9,12H,2-4,10-11H2,1H3,(H,21,23). The minimum absolute atomic E-state index is 0.0291. The molecule has 1 heterocycles. The Labute approximate surface area is 156 Å². The number of anilines is 1. The fourth-order valence-corrected chi connectivity index (χ4v) is 3.75. The lowest BCUT2D eigenvalue weighted by Gasteiger charge is -2.31.